The fourth-order valence-corrected chi connectivity index (χ4v) is 5.60. The van der Waals surface area contributed by atoms with Crippen molar-refractivity contribution in [3.8, 4) is 17.2 Å². The summed E-state index contributed by atoms with van der Waals surface area (Å²) >= 11 is 13.5. The van der Waals surface area contributed by atoms with Crippen LogP contribution in [0.1, 0.15) is 31.8 Å². The zero-order valence-electron chi connectivity index (χ0n) is 21.7. The van der Waals surface area contributed by atoms with Gasteiger partial charge in [0.2, 0.25) is 0 Å². The van der Waals surface area contributed by atoms with Gasteiger partial charge >= 0.3 is 11.9 Å². The first kappa shape index (κ1) is 31.6. The number of esters is 2. The second-order valence-corrected chi connectivity index (χ2v) is 12.2. The molecule has 0 saturated heterocycles. The van der Waals surface area contributed by atoms with E-state index in [2.05, 4.69) is 74.2 Å². The van der Waals surface area contributed by atoms with Gasteiger partial charge in [-0.3, -0.25) is 4.79 Å². The molecule has 0 fully saturated rings. The van der Waals surface area contributed by atoms with E-state index in [4.69, 9.17) is 14.2 Å². The molecule has 12 heteroatoms. The van der Waals surface area contributed by atoms with E-state index in [1.807, 2.05) is 19.1 Å². The van der Waals surface area contributed by atoms with E-state index in [0.717, 1.165) is 14.5 Å². The van der Waals surface area contributed by atoms with E-state index in [9.17, 15) is 14.4 Å². The van der Waals surface area contributed by atoms with Crippen LogP contribution >= 0.6 is 63.7 Å². The van der Waals surface area contributed by atoms with Crippen molar-refractivity contribution in [2.45, 2.75) is 6.92 Å². The summed E-state index contributed by atoms with van der Waals surface area (Å²) in [4.78, 5) is 37.9. The third kappa shape index (κ3) is 8.84. The van der Waals surface area contributed by atoms with Crippen LogP contribution in [0.25, 0.3) is 0 Å². The van der Waals surface area contributed by atoms with Gasteiger partial charge in [-0.1, -0.05) is 31.9 Å². The molecule has 4 rings (SSSR count). The van der Waals surface area contributed by atoms with Crippen LogP contribution in [0.2, 0.25) is 0 Å². The fraction of sp³-hybridized carbons (Fsp3) is 0.0667. The number of benzene rings is 4. The lowest BCUT2D eigenvalue weighted by atomic mass is 10.2. The molecule has 42 heavy (non-hydrogen) atoms. The number of halogens is 4. The Bertz CT molecular complexity index is 1630. The zero-order chi connectivity index (χ0) is 30.2. The molecule has 0 aliphatic rings. The van der Waals surface area contributed by atoms with Crippen LogP contribution < -0.4 is 19.6 Å². The summed E-state index contributed by atoms with van der Waals surface area (Å²) < 4.78 is 19.8. The van der Waals surface area contributed by atoms with Crippen molar-refractivity contribution in [3.05, 3.63) is 119 Å². The number of hydrogen-bond donors (Lipinski definition) is 1. The van der Waals surface area contributed by atoms with E-state index in [1.165, 1.54) is 18.3 Å². The second-order valence-electron chi connectivity index (χ2n) is 8.64. The van der Waals surface area contributed by atoms with Crippen molar-refractivity contribution in [2.75, 3.05) is 6.61 Å². The van der Waals surface area contributed by atoms with Crippen LogP contribution in [0.4, 0.5) is 0 Å². The van der Waals surface area contributed by atoms with Gasteiger partial charge in [0.15, 0.2) is 18.1 Å². The average molecular weight is 824 g/mol. The molecule has 0 aromatic heterocycles. The number of carbonyl (C=O) groups is 3. The highest BCUT2D eigenvalue weighted by atomic mass is 79.9. The predicted molar refractivity (Wildman–Crippen MR) is 172 cm³/mol. The van der Waals surface area contributed by atoms with Crippen LogP contribution in [0.15, 0.2) is 102 Å². The Balaban J connectivity index is 1.48. The number of nitrogens with one attached hydrogen (secondary N) is 1. The molecule has 0 unspecified atom stereocenters. The monoisotopic (exact) mass is 820 g/mol. The van der Waals surface area contributed by atoms with Gasteiger partial charge in [-0.25, -0.2) is 15.0 Å². The molecule has 0 spiro atoms. The van der Waals surface area contributed by atoms with Gasteiger partial charge in [-0.15, -0.1) is 0 Å². The van der Waals surface area contributed by atoms with Crippen molar-refractivity contribution in [2.24, 2.45) is 5.10 Å². The maximum atomic E-state index is 12.8. The molecule has 0 bridgehead atoms. The third-order valence-electron chi connectivity index (χ3n) is 5.43. The largest absolute Gasteiger partial charge is 0.481 e. The smallest absolute Gasteiger partial charge is 0.343 e. The summed E-state index contributed by atoms with van der Waals surface area (Å²) in [5, 5.41) is 3.96. The first-order valence-electron chi connectivity index (χ1n) is 12.1. The number of nitrogens with zero attached hydrogens (tertiary/aromatic N) is 1. The quantitative estimate of drug-likeness (QED) is 0.0795. The first-order valence-corrected chi connectivity index (χ1v) is 15.3. The summed E-state index contributed by atoms with van der Waals surface area (Å²) in [5.41, 5.74) is 4.47. The molecule has 1 N–H and O–H groups in total. The Kier molecular flexibility index (Phi) is 11.1. The number of hydrazone groups is 1. The lowest BCUT2D eigenvalue weighted by Crippen LogP contribution is -2.24. The van der Waals surface area contributed by atoms with Crippen LogP contribution in [0, 0.1) is 6.92 Å². The van der Waals surface area contributed by atoms with E-state index in [-0.39, 0.29) is 18.1 Å². The molecule has 0 radical (unpaired) electrons. The molecule has 0 aliphatic heterocycles. The average Bonchev–Trinajstić information content (AvgIpc) is 2.94. The van der Waals surface area contributed by atoms with E-state index >= 15 is 0 Å². The van der Waals surface area contributed by atoms with Crippen LogP contribution in [0.5, 0.6) is 17.2 Å². The van der Waals surface area contributed by atoms with Crippen molar-refractivity contribution in [3.63, 3.8) is 0 Å². The molecule has 0 atom stereocenters. The Morgan fingerprint density at radius 1 is 0.738 bits per heavy atom. The van der Waals surface area contributed by atoms with E-state index in [1.54, 1.807) is 54.6 Å². The second kappa shape index (κ2) is 14.7. The molecule has 4 aromatic carbocycles. The van der Waals surface area contributed by atoms with Crippen molar-refractivity contribution >= 4 is 87.8 Å². The Hall–Kier alpha value is -3.32. The molecule has 8 nitrogen and oxygen atoms in total. The van der Waals surface area contributed by atoms with Crippen LogP contribution in [0.3, 0.4) is 0 Å². The lowest BCUT2D eigenvalue weighted by Gasteiger charge is -2.12. The van der Waals surface area contributed by atoms with Gasteiger partial charge in [-0.05, 0) is 129 Å². The van der Waals surface area contributed by atoms with Gasteiger partial charge in [0, 0.05) is 8.95 Å². The van der Waals surface area contributed by atoms with Gasteiger partial charge in [0.1, 0.15) is 5.75 Å². The minimum atomic E-state index is -0.656. The molecule has 4 aromatic rings. The number of hydrogen-bond acceptors (Lipinski definition) is 7. The highest BCUT2D eigenvalue weighted by Crippen LogP contribution is 2.34. The number of carbonyl (C=O) groups excluding carboxylic acids is 3. The van der Waals surface area contributed by atoms with Gasteiger partial charge in [-0.2, -0.15) is 5.10 Å². The molecule has 0 saturated carbocycles. The normalized spacial score (nSPS) is 10.8. The molecule has 214 valence electrons. The molecule has 0 aliphatic carbocycles. The molecule has 0 heterocycles. The Morgan fingerprint density at radius 3 is 1.81 bits per heavy atom. The zero-order valence-corrected chi connectivity index (χ0v) is 28.0. The highest BCUT2D eigenvalue weighted by molar-refractivity contribution is 9.11. The Labute approximate surface area is 275 Å². The lowest BCUT2D eigenvalue weighted by molar-refractivity contribution is -0.123. The summed E-state index contributed by atoms with van der Waals surface area (Å²) in [7, 11) is 0. The van der Waals surface area contributed by atoms with Gasteiger partial charge < -0.3 is 14.2 Å². The highest BCUT2D eigenvalue weighted by Gasteiger charge is 2.17. The first-order chi connectivity index (χ1) is 20.1. The number of amides is 1. The maximum Gasteiger partial charge on any atom is 0.343 e. The minimum absolute atomic E-state index is 0.0129. The van der Waals surface area contributed by atoms with E-state index < -0.39 is 17.8 Å². The maximum absolute atomic E-state index is 12.8. The van der Waals surface area contributed by atoms with Crippen LogP contribution in [-0.2, 0) is 4.79 Å². The number of aryl methyl sites for hydroxylation is 1. The fourth-order valence-electron chi connectivity index (χ4n) is 3.43. The molecular weight excluding hydrogens is 804 g/mol. The minimum Gasteiger partial charge on any atom is -0.481 e. The van der Waals surface area contributed by atoms with Gasteiger partial charge in [0.05, 0.1) is 26.3 Å². The summed E-state index contributed by atoms with van der Waals surface area (Å²) in [6, 6.07) is 21.5. The van der Waals surface area contributed by atoms with Gasteiger partial charge in [0.25, 0.3) is 5.91 Å². The SMILES string of the molecule is Cc1cc(Br)c(OCC(=O)N/N=C\c2ccc(OC(=O)c3ccc(Br)cc3)c(OC(=O)c3ccc(Br)cc3)c2)c(Br)c1. The summed E-state index contributed by atoms with van der Waals surface area (Å²) in [5.74, 6) is -1.28. The van der Waals surface area contributed by atoms with Crippen molar-refractivity contribution in [1.29, 1.82) is 0 Å². The number of rotatable bonds is 9. The van der Waals surface area contributed by atoms with E-state index in [0.29, 0.717) is 31.4 Å². The number of ether oxygens (including phenoxy) is 3. The third-order valence-corrected chi connectivity index (χ3v) is 7.66. The Morgan fingerprint density at radius 2 is 1.26 bits per heavy atom. The van der Waals surface area contributed by atoms with Crippen LogP contribution in [-0.4, -0.2) is 30.7 Å². The predicted octanol–water partition coefficient (Wildman–Crippen LogP) is 8.01. The van der Waals surface area contributed by atoms with Crippen molar-refractivity contribution in [1.82, 2.24) is 5.43 Å². The molecule has 1 amide bonds. The van der Waals surface area contributed by atoms with Crippen molar-refractivity contribution < 1.29 is 28.6 Å². The molecular formula is C30H20Br4N2O6. The topological polar surface area (TPSA) is 103 Å². The standard InChI is InChI=1S/C30H20Br4N2O6/c1-17-12-23(33)28(24(34)13-17)40-16-27(37)36-35-15-18-2-11-25(41-29(38)19-3-7-21(31)8-4-19)26(14-18)42-30(39)20-5-9-22(32)10-6-20/h2-15H,16H2,1H3,(H,36,37)/b35-15-. The summed E-state index contributed by atoms with van der Waals surface area (Å²) in [6.45, 7) is 1.66. The summed E-state index contributed by atoms with van der Waals surface area (Å²) in [6.07, 6.45) is 1.35.